The van der Waals surface area contributed by atoms with Gasteiger partial charge in [0.15, 0.2) is 0 Å². The van der Waals surface area contributed by atoms with E-state index in [1.807, 2.05) is 34.6 Å². The van der Waals surface area contributed by atoms with Crippen LogP contribution in [0.4, 0.5) is 0 Å². The Morgan fingerprint density at radius 3 is 2.45 bits per heavy atom. The van der Waals surface area contributed by atoms with Gasteiger partial charge in [-0.2, -0.15) is 0 Å². The van der Waals surface area contributed by atoms with Crippen LogP contribution in [0.5, 0.6) is 0 Å². The molecule has 0 saturated carbocycles. The Kier molecular flexibility index (Phi) is 7.83. The fraction of sp³-hybridized carbons (Fsp3) is 0.714. The number of hydrogen-bond donors (Lipinski definition) is 2. The summed E-state index contributed by atoms with van der Waals surface area (Å²) in [5.41, 5.74) is 7.84. The van der Waals surface area contributed by atoms with Crippen molar-refractivity contribution in [2.24, 2.45) is 11.7 Å². The number of aromatic nitrogens is 1. The summed E-state index contributed by atoms with van der Waals surface area (Å²) in [4.78, 5) is 11.9. The molecule has 0 radical (unpaired) electrons. The lowest BCUT2D eigenvalue weighted by atomic mass is 9.97. The van der Waals surface area contributed by atoms with E-state index >= 15 is 0 Å². The molecule has 0 saturated heterocycles. The van der Waals surface area contributed by atoms with Crippen molar-refractivity contribution in [1.29, 1.82) is 0 Å². The standard InChI is InChI=1S/C14H25N3O2.ClH/c1-6-8(2)13(15)14(18)16-7-9(3)12-10(4)17-19-11(12)5;/h8-9,13H,6-7,15H2,1-5H3,(H,16,18);1H. The van der Waals surface area contributed by atoms with Crippen LogP contribution in [-0.2, 0) is 4.79 Å². The van der Waals surface area contributed by atoms with Crippen LogP contribution in [0.3, 0.4) is 0 Å². The van der Waals surface area contributed by atoms with E-state index in [4.69, 9.17) is 10.3 Å². The molecule has 5 nitrogen and oxygen atoms in total. The van der Waals surface area contributed by atoms with E-state index in [0.717, 1.165) is 23.4 Å². The predicted octanol–water partition coefficient (Wildman–Crippen LogP) is 2.31. The summed E-state index contributed by atoms with van der Waals surface area (Å²) in [5.74, 6) is 1.08. The van der Waals surface area contributed by atoms with Crippen molar-refractivity contribution in [3.63, 3.8) is 0 Å². The number of aryl methyl sites for hydroxylation is 2. The molecule has 0 aliphatic rings. The number of carbonyl (C=O) groups is 1. The van der Waals surface area contributed by atoms with E-state index in [1.54, 1.807) is 0 Å². The lowest BCUT2D eigenvalue weighted by molar-refractivity contribution is -0.123. The fourth-order valence-electron chi connectivity index (χ4n) is 2.18. The minimum absolute atomic E-state index is 0. The van der Waals surface area contributed by atoms with Crippen molar-refractivity contribution in [1.82, 2.24) is 10.5 Å². The first-order valence-corrected chi connectivity index (χ1v) is 6.84. The van der Waals surface area contributed by atoms with E-state index in [9.17, 15) is 4.79 Å². The molecular formula is C14H26ClN3O2. The Bertz CT molecular complexity index is 415. The third-order valence-corrected chi connectivity index (χ3v) is 3.72. The van der Waals surface area contributed by atoms with Crippen LogP contribution in [0, 0.1) is 19.8 Å². The summed E-state index contributed by atoms with van der Waals surface area (Å²) in [7, 11) is 0. The minimum Gasteiger partial charge on any atom is -0.361 e. The first-order valence-electron chi connectivity index (χ1n) is 6.84. The molecule has 116 valence electrons. The van der Waals surface area contributed by atoms with Crippen molar-refractivity contribution < 1.29 is 9.32 Å². The monoisotopic (exact) mass is 303 g/mol. The molecule has 3 unspecified atom stereocenters. The van der Waals surface area contributed by atoms with E-state index in [-0.39, 0.29) is 30.2 Å². The van der Waals surface area contributed by atoms with Crippen LogP contribution in [-0.4, -0.2) is 23.7 Å². The van der Waals surface area contributed by atoms with Crippen LogP contribution in [0.2, 0.25) is 0 Å². The SMILES string of the molecule is CCC(C)C(N)C(=O)NCC(C)c1c(C)noc1C.Cl. The minimum atomic E-state index is -0.443. The van der Waals surface area contributed by atoms with Gasteiger partial charge in [0.1, 0.15) is 5.76 Å². The molecule has 3 atom stereocenters. The van der Waals surface area contributed by atoms with Gasteiger partial charge in [0.05, 0.1) is 11.7 Å². The van der Waals surface area contributed by atoms with Crippen molar-refractivity contribution >= 4 is 18.3 Å². The third kappa shape index (κ3) is 4.49. The number of halogens is 1. The topological polar surface area (TPSA) is 81.2 Å². The van der Waals surface area contributed by atoms with E-state index < -0.39 is 6.04 Å². The number of hydrogen-bond acceptors (Lipinski definition) is 4. The van der Waals surface area contributed by atoms with Crippen LogP contribution >= 0.6 is 12.4 Å². The molecule has 3 N–H and O–H groups in total. The molecule has 0 aliphatic carbocycles. The second-order valence-electron chi connectivity index (χ2n) is 5.30. The smallest absolute Gasteiger partial charge is 0.237 e. The molecule has 0 bridgehead atoms. The molecule has 0 spiro atoms. The zero-order chi connectivity index (χ0) is 14.6. The highest BCUT2D eigenvalue weighted by Gasteiger charge is 2.21. The van der Waals surface area contributed by atoms with Crippen LogP contribution in [0.25, 0.3) is 0 Å². The maximum absolute atomic E-state index is 11.9. The van der Waals surface area contributed by atoms with E-state index in [0.29, 0.717) is 6.54 Å². The molecule has 0 aromatic carbocycles. The first kappa shape index (κ1) is 18.9. The van der Waals surface area contributed by atoms with Gasteiger partial charge in [-0.25, -0.2) is 0 Å². The number of nitrogens with one attached hydrogen (secondary N) is 1. The molecule has 1 rings (SSSR count). The van der Waals surface area contributed by atoms with Gasteiger partial charge in [-0.05, 0) is 19.8 Å². The van der Waals surface area contributed by atoms with Crippen molar-refractivity contribution in [3.05, 3.63) is 17.0 Å². The van der Waals surface area contributed by atoms with Gasteiger partial charge in [0.2, 0.25) is 5.91 Å². The van der Waals surface area contributed by atoms with Crippen LogP contribution in [0.1, 0.15) is 50.1 Å². The lowest BCUT2D eigenvalue weighted by Gasteiger charge is -2.19. The van der Waals surface area contributed by atoms with Crippen LogP contribution in [0.15, 0.2) is 4.52 Å². The summed E-state index contributed by atoms with van der Waals surface area (Å²) in [6, 6.07) is -0.443. The average molecular weight is 304 g/mol. The van der Waals surface area contributed by atoms with Gasteiger partial charge < -0.3 is 15.6 Å². The maximum Gasteiger partial charge on any atom is 0.237 e. The second-order valence-corrected chi connectivity index (χ2v) is 5.30. The van der Waals surface area contributed by atoms with Gasteiger partial charge >= 0.3 is 0 Å². The average Bonchev–Trinajstić information content (AvgIpc) is 2.73. The first-order chi connectivity index (χ1) is 8.88. The van der Waals surface area contributed by atoms with E-state index in [1.165, 1.54) is 0 Å². The highest BCUT2D eigenvalue weighted by Crippen LogP contribution is 2.22. The Balaban J connectivity index is 0.00000361. The summed E-state index contributed by atoms with van der Waals surface area (Å²) >= 11 is 0. The summed E-state index contributed by atoms with van der Waals surface area (Å²) in [6.07, 6.45) is 0.897. The van der Waals surface area contributed by atoms with Crippen molar-refractivity contribution in [2.45, 2.75) is 53.0 Å². The van der Waals surface area contributed by atoms with Crippen molar-refractivity contribution in [2.75, 3.05) is 6.54 Å². The molecule has 0 aliphatic heterocycles. The van der Waals surface area contributed by atoms with Gasteiger partial charge in [-0.15, -0.1) is 12.4 Å². The molecule has 1 heterocycles. The number of nitrogens with zero attached hydrogens (tertiary/aromatic N) is 1. The fourth-order valence-corrected chi connectivity index (χ4v) is 2.18. The lowest BCUT2D eigenvalue weighted by Crippen LogP contribution is -2.45. The zero-order valence-electron chi connectivity index (χ0n) is 12.9. The second kappa shape index (κ2) is 8.27. The summed E-state index contributed by atoms with van der Waals surface area (Å²) in [6.45, 7) is 10.4. The number of nitrogens with two attached hydrogens (primary N) is 1. The summed E-state index contributed by atoms with van der Waals surface area (Å²) in [5, 5.41) is 6.84. The molecule has 1 aromatic rings. The zero-order valence-corrected chi connectivity index (χ0v) is 13.7. The molecule has 20 heavy (non-hydrogen) atoms. The van der Waals surface area contributed by atoms with Gasteiger partial charge in [0.25, 0.3) is 0 Å². The number of amides is 1. The Morgan fingerprint density at radius 1 is 1.40 bits per heavy atom. The highest BCUT2D eigenvalue weighted by atomic mass is 35.5. The summed E-state index contributed by atoms with van der Waals surface area (Å²) < 4.78 is 5.14. The largest absolute Gasteiger partial charge is 0.361 e. The predicted molar refractivity (Wildman–Crippen MR) is 82.1 cm³/mol. The quantitative estimate of drug-likeness (QED) is 0.845. The molecule has 1 amide bonds. The van der Waals surface area contributed by atoms with Crippen LogP contribution < -0.4 is 11.1 Å². The third-order valence-electron chi connectivity index (χ3n) is 3.72. The maximum atomic E-state index is 11.9. The molecule has 1 aromatic heterocycles. The Morgan fingerprint density at radius 2 is 2.00 bits per heavy atom. The normalized spacial score (nSPS) is 15.1. The highest BCUT2D eigenvalue weighted by molar-refractivity contribution is 5.85. The number of rotatable bonds is 6. The Hall–Kier alpha value is -1.07. The molecule has 6 heteroatoms. The molecular weight excluding hydrogens is 278 g/mol. The van der Waals surface area contributed by atoms with Gasteiger partial charge in [-0.3, -0.25) is 4.79 Å². The van der Waals surface area contributed by atoms with Crippen molar-refractivity contribution in [3.8, 4) is 0 Å². The van der Waals surface area contributed by atoms with E-state index in [2.05, 4.69) is 10.5 Å². The van der Waals surface area contributed by atoms with Gasteiger partial charge in [0, 0.05) is 18.0 Å². The van der Waals surface area contributed by atoms with Gasteiger partial charge in [-0.1, -0.05) is 32.3 Å². The Labute approximate surface area is 127 Å². The number of carbonyl (C=O) groups excluding carboxylic acids is 1. The molecule has 0 fully saturated rings.